The molecule has 2 aromatic rings. The van der Waals surface area contributed by atoms with Crippen LogP contribution in [0.15, 0.2) is 42.7 Å². The Balaban J connectivity index is 2.31. The number of para-hydroxylation sites is 1. The zero-order valence-electron chi connectivity index (χ0n) is 10.7. The minimum atomic E-state index is -0.421. The Bertz CT molecular complexity index is 462. The summed E-state index contributed by atoms with van der Waals surface area (Å²) >= 11 is 0. The van der Waals surface area contributed by atoms with Gasteiger partial charge in [-0.05, 0) is 26.0 Å². The number of rotatable bonds is 6. The lowest BCUT2D eigenvalue weighted by atomic mass is 10.3. The molecule has 0 bridgehead atoms. The third-order valence-corrected chi connectivity index (χ3v) is 2.55. The molecule has 0 aliphatic heterocycles. The zero-order chi connectivity index (χ0) is 12.8. The smallest absolute Gasteiger partial charge is 0.217 e. The van der Waals surface area contributed by atoms with Gasteiger partial charge in [0.15, 0.2) is 5.82 Å². The summed E-state index contributed by atoms with van der Waals surface area (Å²) < 4.78 is 13.1. The first-order valence-corrected chi connectivity index (χ1v) is 6.18. The molecule has 0 atom stereocenters. The highest BCUT2D eigenvalue weighted by molar-refractivity contribution is 5.32. The highest BCUT2D eigenvalue weighted by atomic mass is 16.7. The van der Waals surface area contributed by atoms with Crippen molar-refractivity contribution in [2.45, 2.75) is 20.1 Å². The van der Waals surface area contributed by atoms with Crippen LogP contribution in [0.2, 0.25) is 0 Å². The Hall–Kier alpha value is -1.65. The summed E-state index contributed by atoms with van der Waals surface area (Å²) in [4.78, 5) is 4.34. The summed E-state index contributed by atoms with van der Waals surface area (Å²) in [6.45, 7) is 5.07. The lowest BCUT2D eigenvalue weighted by molar-refractivity contribution is -0.145. The van der Waals surface area contributed by atoms with Gasteiger partial charge in [-0.1, -0.05) is 18.2 Å². The summed E-state index contributed by atoms with van der Waals surface area (Å²) in [5.74, 6) is 0.768. The van der Waals surface area contributed by atoms with Gasteiger partial charge in [-0.2, -0.15) is 0 Å². The zero-order valence-corrected chi connectivity index (χ0v) is 10.7. The molecular formula is C14H18N2O2. The molecule has 4 nitrogen and oxygen atoms in total. The number of hydrogen-bond acceptors (Lipinski definition) is 3. The normalized spacial score (nSPS) is 11.1. The summed E-state index contributed by atoms with van der Waals surface area (Å²) in [5, 5.41) is 0. The standard InChI is InChI=1S/C14H18N2O2/c1-3-17-14(18-4-2)13-15-10-11-16(13)12-8-6-5-7-9-12/h5-11,14H,3-4H2,1-2H3. The van der Waals surface area contributed by atoms with E-state index in [4.69, 9.17) is 9.47 Å². The Kier molecular flexibility index (Phi) is 4.50. The highest BCUT2D eigenvalue weighted by Gasteiger charge is 2.17. The van der Waals surface area contributed by atoms with Crippen LogP contribution in [0.3, 0.4) is 0 Å². The number of aromatic nitrogens is 2. The van der Waals surface area contributed by atoms with Crippen molar-refractivity contribution in [3.8, 4) is 5.69 Å². The van der Waals surface area contributed by atoms with Gasteiger partial charge in [0, 0.05) is 31.3 Å². The molecule has 4 heteroatoms. The van der Waals surface area contributed by atoms with Gasteiger partial charge in [-0.25, -0.2) is 4.98 Å². The number of imidazole rings is 1. The predicted molar refractivity (Wildman–Crippen MR) is 69.6 cm³/mol. The second-order valence-electron chi connectivity index (χ2n) is 3.73. The molecule has 2 rings (SSSR count). The minimum Gasteiger partial charge on any atom is -0.346 e. The number of benzene rings is 1. The Morgan fingerprint density at radius 1 is 1.11 bits per heavy atom. The molecule has 0 saturated carbocycles. The van der Waals surface area contributed by atoms with E-state index in [0.29, 0.717) is 13.2 Å². The van der Waals surface area contributed by atoms with Crippen LogP contribution in [-0.4, -0.2) is 22.8 Å². The molecule has 0 fully saturated rings. The molecule has 0 N–H and O–H groups in total. The van der Waals surface area contributed by atoms with Crippen LogP contribution in [0, 0.1) is 0 Å². The first kappa shape index (κ1) is 12.8. The van der Waals surface area contributed by atoms with Crippen LogP contribution >= 0.6 is 0 Å². The monoisotopic (exact) mass is 246 g/mol. The van der Waals surface area contributed by atoms with Gasteiger partial charge in [0.1, 0.15) is 0 Å². The number of hydrogen-bond donors (Lipinski definition) is 0. The first-order valence-electron chi connectivity index (χ1n) is 6.18. The maximum absolute atomic E-state index is 5.58. The van der Waals surface area contributed by atoms with Gasteiger partial charge in [-0.15, -0.1) is 0 Å². The summed E-state index contributed by atoms with van der Waals surface area (Å²) in [5.41, 5.74) is 1.05. The molecule has 0 aliphatic carbocycles. The maximum Gasteiger partial charge on any atom is 0.217 e. The minimum absolute atomic E-state index is 0.421. The van der Waals surface area contributed by atoms with Crippen molar-refractivity contribution in [3.63, 3.8) is 0 Å². The molecule has 0 radical (unpaired) electrons. The van der Waals surface area contributed by atoms with Gasteiger partial charge < -0.3 is 9.47 Å². The van der Waals surface area contributed by atoms with Crippen LogP contribution in [0.4, 0.5) is 0 Å². The largest absolute Gasteiger partial charge is 0.346 e. The van der Waals surface area contributed by atoms with Crippen LogP contribution in [0.1, 0.15) is 26.0 Å². The third-order valence-electron chi connectivity index (χ3n) is 2.55. The molecule has 0 unspecified atom stereocenters. The second-order valence-corrected chi connectivity index (χ2v) is 3.73. The first-order chi connectivity index (χ1) is 8.86. The van der Waals surface area contributed by atoms with E-state index in [1.165, 1.54) is 0 Å². The van der Waals surface area contributed by atoms with Gasteiger partial charge in [0.2, 0.25) is 6.29 Å². The Morgan fingerprint density at radius 2 is 1.78 bits per heavy atom. The van der Waals surface area contributed by atoms with Gasteiger partial charge in [-0.3, -0.25) is 4.57 Å². The molecule has 0 amide bonds. The highest BCUT2D eigenvalue weighted by Crippen LogP contribution is 2.20. The van der Waals surface area contributed by atoms with E-state index in [-0.39, 0.29) is 0 Å². The van der Waals surface area contributed by atoms with Crippen molar-refractivity contribution >= 4 is 0 Å². The van der Waals surface area contributed by atoms with E-state index in [1.807, 2.05) is 54.9 Å². The SMILES string of the molecule is CCOC(OCC)c1nccn1-c1ccccc1. The molecule has 1 heterocycles. The Morgan fingerprint density at radius 3 is 2.39 bits per heavy atom. The molecular weight excluding hydrogens is 228 g/mol. The average molecular weight is 246 g/mol. The van der Waals surface area contributed by atoms with Gasteiger partial charge in [0.05, 0.1) is 0 Å². The van der Waals surface area contributed by atoms with E-state index >= 15 is 0 Å². The Labute approximate surface area is 107 Å². The fourth-order valence-electron chi connectivity index (χ4n) is 1.80. The van der Waals surface area contributed by atoms with Crippen molar-refractivity contribution < 1.29 is 9.47 Å². The topological polar surface area (TPSA) is 36.3 Å². The molecule has 96 valence electrons. The number of ether oxygens (including phenoxy) is 2. The van der Waals surface area contributed by atoms with Crippen molar-refractivity contribution in [3.05, 3.63) is 48.5 Å². The van der Waals surface area contributed by atoms with Crippen molar-refractivity contribution in [1.82, 2.24) is 9.55 Å². The quantitative estimate of drug-likeness (QED) is 0.735. The molecule has 18 heavy (non-hydrogen) atoms. The number of nitrogens with zero attached hydrogens (tertiary/aromatic N) is 2. The molecule has 0 aliphatic rings. The van der Waals surface area contributed by atoms with E-state index < -0.39 is 6.29 Å². The summed E-state index contributed by atoms with van der Waals surface area (Å²) in [6, 6.07) is 10.0. The molecule has 1 aromatic heterocycles. The van der Waals surface area contributed by atoms with Crippen LogP contribution in [0.25, 0.3) is 5.69 Å². The van der Waals surface area contributed by atoms with Crippen molar-refractivity contribution in [2.24, 2.45) is 0 Å². The molecule has 0 spiro atoms. The third kappa shape index (κ3) is 2.78. The fourth-order valence-corrected chi connectivity index (χ4v) is 1.80. The lowest BCUT2D eigenvalue weighted by Gasteiger charge is -2.17. The van der Waals surface area contributed by atoms with E-state index in [0.717, 1.165) is 11.5 Å². The fraction of sp³-hybridized carbons (Fsp3) is 0.357. The van der Waals surface area contributed by atoms with Crippen molar-refractivity contribution in [2.75, 3.05) is 13.2 Å². The van der Waals surface area contributed by atoms with E-state index in [2.05, 4.69) is 4.98 Å². The van der Waals surface area contributed by atoms with E-state index in [1.54, 1.807) is 6.20 Å². The maximum atomic E-state index is 5.58. The summed E-state index contributed by atoms with van der Waals surface area (Å²) in [7, 11) is 0. The van der Waals surface area contributed by atoms with Gasteiger partial charge in [0.25, 0.3) is 0 Å². The summed E-state index contributed by atoms with van der Waals surface area (Å²) in [6.07, 6.45) is 3.25. The average Bonchev–Trinajstić information content (AvgIpc) is 2.88. The predicted octanol–water partition coefficient (Wildman–Crippen LogP) is 2.94. The van der Waals surface area contributed by atoms with Crippen LogP contribution in [-0.2, 0) is 9.47 Å². The van der Waals surface area contributed by atoms with Crippen LogP contribution < -0.4 is 0 Å². The lowest BCUT2D eigenvalue weighted by Crippen LogP contribution is -2.14. The van der Waals surface area contributed by atoms with Crippen molar-refractivity contribution in [1.29, 1.82) is 0 Å². The van der Waals surface area contributed by atoms with Crippen LogP contribution in [0.5, 0.6) is 0 Å². The molecule has 0 saturated heterocycles. The second kappa shape index (κ2) is 6.33. The molecule has 1 aromatic carbocycles. The van der Waals surface area contributed by atoms with E-state index in [9.17, 15) is 0 Å². The van der Waals surface area contributed by atoms with Gasteiger partial charge >= 0.3 is 0 Å².